The van der Waals surface area contributed by atoms with Crippen molar-refractivity contribution in [3.8, 4) is 0 Å². The van der Waals surface area contributed by atoms with E-state index in [4.69, 9.17) is 10.3 Å². The normalized spacial score (nSPS) is 11.7. The van der Waals surface area contributed by atoms with Gasteiger partial charge >= 0.3 is 10.3 Å². The summed E-state index contributed by atoms with van der Waals surface area (Å²) in [5.41, 5.74) is 5.14. The Morgan fingerprint density at radius 2 is 2.11 bits per heavy atom. The van der Waals surface area contributed by atoms with Crippen molar-refractivity contribution < 1.29 is 17.8 Å². The van der Waals surface area contributed by atoms with Crippen molar-refractivity contribution in [3.05, 3.63) is 17.7 Å². The van der Waals surface area contributed by atoms with E-state index < -0.39 is 16.2 Å². The molecule has 1 aromatic rings. The van der Waals surface area contributed by atoms with E-state index in [0.29, 0.717) is 16.1 Å². The molecule has 0 aliphatic carbocycles. The van der Waals surface area contributed by atoms with Crippen molar-refractivity contribution in [1.82, 2.24) is 8.96 Å². The number of unbranched alkanes of at least 4 members (excludes halogenated alkanes) is 3. The number of hydrogen-bond donors (Lipinski definition) is 2. The third kappa shape index (κ3) is 3.54. The average molecular weight is 275 g/mol. The van der Waals surface area contributed by atoms with Crippen LogP contribution in [0, 0.1) is 0 Å². The standard InChI is InChI=1S/C10H17N3O4S/c1-2-3-4-5-6-8-9(10(11)14)13(7-12-8)18(15,16)17/h7H,2-6H2,1H3,(H2,11,14)(H,15,16,17). The number of carbonyl (C=O) groups is 1. The van der Waals surface area contributed by atoms with Crippen molar-refractivity contribution in [1.29, 1.82) is 0 Å². The van der Waals surface area contributed by atoms with Crippen molar-refractivity contribution in [3.63, 3.8) is 0 Å². The summed E-state index contributed by atoms with van der Waals surface area (Å²) in [5.74, 6) is -0.921. The lowest BCUT2D eigenvalue weighted by atomic mass is 10.1. The van der Waals surface area contributed by atoms with Gasteiger partial charge < -0.3 is 5.73 Å². The lowest BCUT2D eigenvalue weighted by molar-refractivity contribution is 0.0993. The molecule has 0 saturated carbocycles. The van der Waals surface area contributed by atoms with Crippen LogP contribution in [0.15, 0.2) is 6.33 Å². The number of primary amides is 1. The van der Waals surface area contributed by atoms with Gasteiger partial charge in [-0.05, 0) is 12.8 Å². The number of imidazole rings is 1. The molecule has 0 unspecified atom stereocenters. The Morgan fingerprint density at radius 3 is 2.61 bits per heavy atom. The van der Waals surface area contributed by atoms with Gasteiger partial charge in [-0.15, -0.1) is 0 Å². The quantitative estimate of drug-likeness (QED) is 0.563. The van der Waals surface area contributed by atoms with Crippen molar-refractivity contribution in [2.24, 2.45) is 5.73 Å². The van der Waals surface area contributed by atoms with Crippen molar-refractivity contribution >= 4 is 16.2 Å². The van der Waals surface area contributed by atoms with Gasteiger partial charge in [0.15, 0.2) is 0 Å². The Morgan fingerprint density at radius 1 is 1.44 bits per heavy atom. The second-order valence-corrected chi connectivity index (χ2v) is 5.28. The van der Waals surface area contributed by atoms with E-state index in [1.807, 2.05) is 0 Å². The largest absolute Gasteiger partial charge is 0.365 e. The number of aromatic nitrogens is 2. The van der Waals surface area contributed by atoms with Crippen LogP contribution in [0.2, 0.25) is 0 Å². The van der Waals surface area contributed by atoms with Gasteiger partial charge in [0.1, 0.15) is 12.0 Å². The number of carbonyl (C=O) groups excluding carboxylic acids is 1. The van der Waals surface area contributed by atoms with E-state index in [0.717, 1.165) is 32.0 Å². The van der Waals surface area contributed by atoms with Gasteiger partial charge in [-0.25, -0.2) is 4.98 Å². The zero-order valence-corrected chi connectivity index (χ0v) is 11.0. The average Bonchev–Trinajstić information content (AvgIpc) is 2.67. The van der Waals surface area contributed by atoms with Crippen LogP contribution in [-0.4, -0.2) is 27.8 Å². The summed E-state index contributed by atoms with van der Waals surface area (Å²) in [7, 11) is -4.54. The molecule has 0 aliphatic heterocycles. The Kier molecular flexibility index (Phi) is 4.85. The molecule has 1 aromatic heterocycles. The van der Waals surface area contributed by atoms with Crippen LogP contribution in [0.4, 0.5) is 0 Å². The van der Waals surface area contributed by atoms with Crippen LogP contribution in [0.5, 0.6) is 0 Å². The summed E-state index contributed by atoms with van der Waals surface area (Å²) < 4.78 is 31.4. The summed E-state index contributed by atoms with van der Waals surface area (Å²) >= 11 is 0. The maximum Gasteiger partial charge on any atom is 0.365 e. The Bertz CT molecular complexity index is 521. The summed E-state index contributed by atoms with van der Waals surface area (Å²) in [6, 6.07) is 0. The molecule has 0 aliphatic rings. The van der Waals surface area contributed by atoms with Gasteiger partial charge in [0.25, 0.3) is 5.91 Å². The van der Waals surface area contributed by atoms with Gasteiger partial charge in [0.05, 0.1) is 5.69 Å². The zero-order valence-electron chi connectivity index (χ0n) is 10.2. The molecule has 8 heteroatoms. The summed E-state index contributed by atoms with van der Waals surface area (Å²) in [6.45, 7) is 2.07. The van der Waals surface area contributed by atoms with Crippen LogP contribution in [-0.2, 0) is 16.7 Å². The molecular formula is C10H17N3O4S. The fourth-order valence-corrected chi connectivity index (χ4v) is 2.29. The van der Waals surface area contributed by atoms with Gasteiger partial charge in [-0.3, -0.25) is 9.35 Å². The number of rotatable bonds is 7. The van der Waals surface area contributed by atoms with E-state index >= 15 is 0 Å². The van der Waals surface area contributed by atoms with Gasteiger partial charge in [0.2, 0.25) is 0 Å². The highest BCUT2D eigenvalue weighted by Gasteiger charge is 2.22. The van der Waals surface area contributed by atoms with E-state index in [1.165, 1.54) is 0 Å². The highest BCUT2D eigenvalue weighted by molar-refractivity contribution is 7.84. The molecule has 0 bridgehead atoms. The fraction of sp³-hybridized carbons (Fsp3) is 0.600. The molecule has 102 valence electrons. The van der Waals surface area contributed by atoms with Crippen LogP contribution in [0.25, 0.3) is 0 Å². The highest BCUT2D eigenvalue weighted by atomic mass is 32.2. The minimum absolute atomic E-state index is 0.269. The second-order valence-electron chi connectivity index (χ2n) is 3.99. The molecule has 0 atom stereocenters. The Balaban J connectivity index is 2.93. The van der Waals surface area contributed by atoms with Gasteiger partial charge in [0, 0.05) is 0 Å². The molecule has 0 saturated heterocycles. The molecule has 18 heavy (non-hydrogen) atoms. The van der Waals surface area contributed by atoms with Crippen molar-refractivity contribution in [2.45, 2.75) is 39.0 Å². The van der Waals surface area contributed by atoms with Gasteiger partial charge in [-0.2, -0.15) is 12.4 Å². The lowest BCUT2D eigenvalue weighted by Gasteiger charge is -2.03. The molecule has 0 radical (unpaired) electrons. The summed E-state index contributed by atoms with van der Waals surface area (Å²) in [4.78, 5) is 15.0. The van der Waals surface area contributed by atoms with Crippen LogP contribution >= 0.6 is 0 Å². The van der Waals surface area contributed by atoms with E-state index in [9.17, 15) is 13.2 Å². The smallest absolute Gasteiger partial charge is 0.364 e. The van der Waals surface area contributed by atoms with Crippen LogP contribution < -0.4 is 5.73 Å². The number of nitrogens with two attached hydrogens (primary N) is 1. The molecule has 0 fully saturated rings. The maximum absolute atomic E-state index is 11.2. The molecular weight excluding hydrogens is 258 g/mol. The predicted molar refractivity (Wildman–Crippen MR) is 65.5 cm³/mol. The van der Waals surface area contributed by atoms with E-state index in [1.54, 1.807) is 0 Å². The number of amides is 1. The highest BCUT2D eigenvalue weighted by Crippen LogP contribution is 2.13. The monoisotopic (exact) mass is 275 g/mol. The molecule has 7 nitrogen and oxygen atoms in total. The van der Waals surface area contributed by atoms with Crippen molar-refractivity contribution in [2.75, 3.05) is 0 Å². The van der Waals surface area contributed by atoms with Crippen LogP contribution in [0.1, 0.15) is 48.8 Å². The first-order chi connectivity index (χ1) is 8.38. The molecule has 0 aromatic carbocycles. The molecule has 0 spiro atoms. The SMILES string of the molecule is CCCCCCc1ncn(S(=O)(=O)O)c1C(N)=O. The predicted octanol–water partition coefficient (Wildman–Crippen LogP) is 0.756. The fourth-order valence-electron chi connectivity index (χ4n) is 1.70. The minimum Gasteiger partial charge on any atom is -0.364 e. The molecule has 1 heterocycles. The first-order valence-electron chi connectivity index (χ1n) is 5.72. The summed E-state index contributed by atoms with van der Waals surface area (Å²) in [5, 5.41) is 0. The molecule has 3 N–H and O–H groups in total. The number of nitrogens with zero attached hydrogens (tertiary/aromatic N) is 2. The minimum atomic E-state index is -4.54. The third-order valence-corrected chi connectivity index (χ3v) is 3.34. The van der Waals surface area contributed by atoms with E-state index in [2.05, 4.69) is 11.9 Å². The Hall–Kier alpha value is -1.41. The van der Waals surface area contributed by atoms with Gasteiger partial charge in [-0.1, -0.05) is 26.2 Å². The third-order valence-electron chi connectivity index (χ3n) is 2.56. The number of hydrogen-bond acceptors (Lipinski definition) is 4. The maximum atomic E-state index is 11.2. The first kappa shape index (κ1) is 14.7. The molecule has 1 rings (SSSR count). The Labute approximate surface area is 106 Å². The lowest BCUT2D eigenvalue weighted by Crippen LogP contribution is -2.22. The summed E-state index contributed by atoms with van der Waals surface area (Å²) in [6.07, 6.45) is 5.24. The topological polar surface area (TPSA) is 115 Å². The van der Waals surface area contributed by atoms with Crippen LogP contribution in [0.3, 0.4) is 0 Å². The number of aryl methyl sites for hydroxylation is 1. The zero-order chi connectivity index (χ0) is 13.8. The molecule has 1 amide bonds. The van der Waals surface area contributed by atoms with E-state index in [-0.39, 0.29) is 5.69 Å². The first-order valence-corrected chi connectivity index (χ1v) is 7.11. The second kappa shape index (κ2) is 5.96.